The Kier molecular flexibility index (Phi) is 5.44. The molecule has 1 aromatic carbocycles. The van der Waals surface area contributed by atoms with E-state index in [1.54, 1.807) is 11.8 Å². The van der Waals surface area contributed by atoms with Crippen molar-refractivity contribution >= 4 is 17.4 Å². The van der Waals surface area contributed by atoms with Crippen molar-refractivity contribution in [1.29, 1.82) is 0 Å². The van der Waals surface area contributed by atoms with E-state index >= 15 is 0 Å². The summed E-state index contributed by atoms with van der Waals surface area (Å²) in [5, 5.41) is 0. The Morgan fingerprint density at radius 3 is 2.55 bits per heavy atom. The maximum Gasteiger partial charge on any atom is 0.0430 e. The second-order valence-corrected chi connectivity index (χ2v) is 5.38. The van der Waals surface area contributed by atoms with Crippen molar-refractivity contribution < 1.29 is 0 Å². The van der Waals surface area contributed by atoms with Crippen molar-refractivity contribution in [2.45, 2.75) is 24.9 Å². The first-order valence-electron chi connectivity index (χ1n) is 6.80. The number of hydrogen-bond acceptors (Lipinski definition) is 4. The molecule has 0 aliphatic rings. The van der Waals surface area contributed by atoms with E-state index in [4.69, 9.17) is 5.73 Å². The molecule has 0 bridgehead atoms. The van der Waals surface area contributed by atoms with Crippen molar-refractivity contribution in [3.8, 4) is 0 Å². The minimum atomic E-state index is 0.569. The SMILES string of the molecule is CCN(Cc1ccncc1)c1cccc(SC)c1CN. The Hall–Kier alpha value is -1.52. The first kappa shape index (κ1) is 14.9. The molecule has 0 spiro atoms. The number of hydrogen-bond donors (Lipinski definition) is 1. The number of rotatable bonds is 6. The maximum absolute atomic E-state index is 5.96. The van der Waals surface area contributed by atoms with Gasteiger partial charge in [0.15, 0.2) is 0 Å². The van der Waals surface area contributed by atoms with Gasteiger partial charge in [-0.05, 0) is 43.0 Å². The van der Waals surface area contributed by atoms with Crippen molar-refractivity contribution in [3.63, 3.8) is 0 Å². The van der Waals surface area contributed by atoms with Gasteiger partial charge in [-0.15, -0.1) is 11.8 Å². The number of nitrogens with zero attached hydrogens (tertiary/aromatic N) is 2. The molecule has 0 aliphatic carbocycles. The van der Waals surface area contributed by atoms with Gasteiger partial charge in [0.2, 0.25) is 0 Å². The van der Waals surface area contributed by atoms with Gasteiger partial charge in [0.1, 0.15) is 0 Å². The summed E-state index contributed by atoms with van der Waals surface area (Å²) in [5.41, 5.74) is 9.69. The molecule has 2 N–H and O–H groups in total. The number of pyridine rings is 1. The fraction of sp³-hybridized carbons (Fsp3) is 0.312. The molecule has 0 radical (unpaired) electrons. The van der Waals surface area contributed by atoms with Crippen LogP contribution >= 0.6 is 11.8 Å². The third-order valence-corrected chi connectivity index (χ3v) is 4.20. The highest BCUT2D eigenvalue weighted by Crippen LogP contribution is 2.30. The lowest BCUT2D eigenvalue weighted by atomic mass is 10.1. The van der Waals surface area contributed by atoms with Gasteiger partial charge in [0.05, 0.1) is 0 Å². The fourth-order valence-corrected chi connectivity index (χ4v) is 2.97. The van der Waals surface area contributed by atoms with E-state index in [1.807, 2.05) is 12.4 Å². The Balaban J connectivity index is 2.32. The first-order chi connectivity index (χ1) is 9.80. The molecule has 0 saturated heterocycles. The van der Waals surface area contributed by atoms with Gasteiger partial charge in [-0.2, -0.15) is 0 Å². The lowest BCUT2D eigenvalue weighted by Crippen LogP contribution is -2.24. The first-order valence-corrected chi connectivity index (χ1v) is 8.02. The lowest BCUT2D eigenvalue weighted by molar-refractivity contribution is 0.815. The molecule has 0 aliphatic heterocycles. The minimum absolute atomic E-state index is 0.569. The van der Waals surface area contributed by atoms with Crippen LogP contribution in [-0.4, -0.2) is 17.8 Å². The number of benzene rings is 1. The molecule has 0 unspecified atom stereocenters. The zero-order valence-corrected chi connectivity index (χ0v) is 12.9. The summed E-state index contributed by atoms with van der Waals surface area (Å²) >= 11 is 1.75. The van der Waals surface area contributed by atoms with E-state index in [2.05, 4.69) is 53.4 Å². The molecule has 1 aromatic heterocycles. The minimum Gasteiger partial charge on any atom is -0.367 e. The zero-order valence-electron chi connectivity index (χ0n) is 12.0. The standard InChI is InChI=1S/C16H21N3S/c1-3-19(12-13-7-9-18-10-8-13)15-5-4-6-16(20-2)14(15)11-17/h4-10H,3,11-12,17H2,1-2H3. The molecule has 0 saturated carbocycles. The van der Waals surface area contributed by atoms with Crippen molar-refractivity contribution in [3.05, 3.63) is 53.9 Å². The molecule has 4 heteroatoms. The number of nitrogens with two attached hydrogens (primary N) is 1. The largest absolute Gasteiger partial charge is 0.367 e. The quantitative estimate of drug-likeness (QED) is 0.828. The van der Waals surface area contributed by atoms with Crippen LogP contribution < -0.4 is 10.6 Å². The van der Waals surface area contributed by atoms with Gasteiger partial charge in [-0.3, -0.25) is 4.98 Å². The van der Waals surface area contributed by atoms with Crippen LogP contribution in [0.4, 0.5) is 5.69 Å². The highest BCUT2D eigenvalue weighted by Gasteiger charge is 2.12. The van der Waals surface area contributed by atoms with Crippen LogP contribution in [0.1, 0.15) is 18.1 Å². The van der Waals surface area contributed by atoms with E-state index in [9.17, 15) is 0 Å². The van der Waals surface area contributed by atoms with Crippen LogP contribution in [0.5, 0.6) is 0 Å². The predicted molar refractivity (Wildman–Crippen MR) is 87.1 cm³/mol. The van der Waals surface area contributed by atoms with Crippen molar-refractivity contribution in [2.75, 3.05) is 17.7 Å². The summed E-state index contributed by atoms with van der Waals surface area (Å²) in [7, 11) is 0. The Morgan fingerprint density at radius 1 is 1.20 bits per heavy atom. The molecular weight excluding hydrogens is 266 g/mol. The van der Waals surface area contributed by atoms with Crippen LogP contribution in [0, 0.1) is 0 Å². The summed E-state index contributed by atoms with van der Waals surface area (Å²) in [4.78, 5) is 7.69. The fourth-order valence-electron chi connectivity index (χ4n) is 2.32. The van der Waals surface area contributed by atoms with E-state index in [0.717, 1.165) is 13.1 Å². The average molecular weight is 287 g/mol. The van der Waals surface area contributed by atoms with Crippen LogP contribution in [0.3, 0.4) is 0 Å². The smallest absolute Gasteiger partial charge is 0.0430 e. The molecule has 0 atom stereocenters. The van der Waals surface area contributed by atoms with Crippen molar-refractivity contribution in [2.24, 2.45) is 5.73 Å². The summed E-state index contributed by atoms with van der Waals surface area (Å²) in [6.45, 7) is 4.57. The van der Waals surface area contributed by atoms with Crippen LogP contribution in [0.2, 0.25) is 0 Å². The number of anilines is 1. The van der Waals surface area contributed by atoms with Gasteiger partial charge < -0.3 is 10.6 Å². The van der Waals surface area contributed by atoms with E-state index in [1.165, 1.54) is 21.7 Å². The van der Waals surface area contributed by atoms with Crippen LogP contribution in [0.15, 0.2) is 47.6 Å². The number of thioether (sulfide) groups is 1. The molecule has 3 nitrogen and oxygen atoms in total. The molecule has 106 valence electrons. The zero-order chi connectivity index (χ0) is 14.4. The molecule has 2 aromatic rings. The van der Waals surface area contributed by atoms with E-state index in [-0.39, 0.29) is 0 Å². The molecule has 1 heterocycles. The van der Waals surface area contributed by atoms with Crippen molar-refractivity contribution in [1.82, 2.24) is 4.98 Å². The van der Waals surface area contributed by atoms with Gasteiger partial charge >= 0.3 is 0 Å². The maximum atomic E-state index is 5.96. The van der Waals surface area contributed by atoms with Crippen LogP contribution in [-0.2, 0) is 13.1 Å². The molecular formula is C16H21N3S. The summed E-state index contributed by atoms with van der Waals surface area (Å²) in [6.07, 6.45) is 5.77. The third-order valence-electron chi connectivity index (χ3n) is 3.38. The second kappa shape index (κ2) is 7.31. The van der Waals surface area contributed by atoms with Crippen LogP contribution in [0.25, 0.3) is 0 Å². The third kappa shape index (κ3) is 3.32. The molecule has 0 fully saturated rings. The number of aromatic nitrogens is 1. The van der Waals surface area contributed by atoms with E-state index < -0.39 is 0 Å². The summed E-state index contributed by atoms with van der Waals surface area (Å²) in [6, 6.07) is 10.5. The van der Waals surface area contributed by atoms with Gasteiger partial charge in [0, 0.05) is 48.2 Å². The average Bonchev–Trinajstić information content (AvgIpc) is 2.52. The summed E-state index contributed by atoms with van der Waals surface area (Å²) < 4.78 is 0. The molecule has 2 rings (SSSR count). The predicted octanol–water partition coefficient (Wildman–Crippen LogP) is 3.29. The van der Waals surface area contributed by atoms with Gasteiger partial charge in [0.25, 0.3) is 0 Å². The normalized spacial score (nSPS) is 10.6. The Labute approximate surface area is 125 Å². The Bertz CT molecular complexity index is 543. The lowest BCUT2D eigenvalue weighted by Gasteiger charge is -2.26. The van der Waals surface area contributed by atoms with E-state index in [0.29, 0.717) is 6.54 Å². The summed E-state index contributed by atoms with van der Waals surface area (Å²) in [5.74, 6) is 0. The highest BCUT2D eigenvalue weighted by atomic mass is 32.2. The monoisotopic (exact) mass is 287 g/mol. The molecule has 20 heavy (non-hydrogen) atoms. The Morgan fingerprint density at radius 2 is 1.95 bits per heavy atom. The van der Waals surface area contributed by atoms with Gasteiger partial charge in [-0.1, -0.05) is 6.07 Å². The van der Waals surface area contributed by atoms with Gasteiger partial charge in [-0.25, -0.2) is 0 Å². The molecule has 0 amide bonds. The topological polar surface area (TPSA) is 42.2 Å². The second-order valence-electron chi connectivity index (χ2n) is 4.53. The highest BCUT2D eigenvalue weighted by molar-refractivity contribution is 7.98.